The lowest BCUT2D eigenvalue weighted by Gasteiger charge is -2.46. The summed E-state index contributed by atoms with van der Waals surface area (Å²) >= 11 is 0. The quantitative estimate of drug-likeness (QED) is 0.119. The van der Waals surface area contributed by atoms with Crippen molar-refractivity contribution in [3.8, 4) is 34.3 Å². The van der Waals surface area contributed by atoms with E-state index in [0.29, 0.717) is 61.0 Å². The van der Waals surface area contributed by atoms with Crippen LogP contribution in [0.15, 0.2) is 89.9 Å². The number of amides is 2. The fraction of sp³-hybridized carbons (Fsp3) is 0.385. The molecule has 0 saturated carbocycles. The van der Waals surface area contributed by atoms with Crippen LogP contribution in [-0.4, -0.2) is 155 Å². The highest BCUT2D eigenvalue weighted by molar-refractivity contribution is 7.92. The maximum atomic E-state index is 13.9. The number of aromatic nitrogens is 5. The highest BCUT2D eigenvalue weighted by atomic mass is 32.2. The summed E-state index contributed by atoms with van der Waals surface area (Å²) in [5, 5.41) is 35.8. The number of aromatic hydroxyl groups is 2. The number of aromatic amines is 1. The van der Waals surface area contributed by atoms with E-state index in [1.165, 1.54) is 21.7 Å². The lowest BCUT2D eigenvalue weighted by atomic mass is 9.94. The van der Waals surface area contributed by atoms with E-state index in [4.69, 9.17) is 4.74 Å². The molecule has 3 fully saturated rings. The Balaban J connectivity index is 0.716. The Bertz CT molecular complexity index is 3250. The minimum absolute atomic E-state index is 0.00988. The summed E-state index contributed by atoms with van der Waals surface area (Å²) in [6, 6.07) is 23.0. The van der Waals surface area contributed by atoms with Gasteiger partial charge >= 0.3 is 5.69 Å². The zero-order valence-electron chi connectivity index (χ0n) is 42.1. The standard InChI is InChI=1S/C52H61N13O8S/c1-6-73-46-29-37(15-16-41(46)54-51-53-32-43-48(55-51)65(74(5,71)72)42-10-8-7-9-38(42)50(69)58(43)4)59-19-17-34(18-20-59)49(68)61-23-27-63(28-24-61)62-25-21-60(22-26-62)35-11-13-36(14-12-35)64-47(56-57-52(64)70)40-30-39(33(2)3)44(66)31-45(40)67/h7-16,29-34,66-67H,6,17-28H2,1-5H3,(H,57,70)(H,53,54,55). The van der Waals surface area contributed by atoms with Gasteiger partial charge in [-0.15, -0.1) is 0 Å². The van der Waals surface area contributed by atoms with Crippen molar-refractivity contribution >= 4 is 62.0 Å². The number of H-pyrrole nitrogens is 1. The fourth-order valence-electron chi connectivity index (χ4n) is 10.4. The highest BCUT2D eigenvalue weighted by Crippen LogP contribution is 2.42. The van der Waals surface area contributed by atoms with Crippen molar-refractivity contribution in [1.29, 1.82) is 0 Å². The first-order valence-electron chi connectivity index (χ1n) is 25.0. The van der Waals surface area contributed by atoms with Gasteiger partial charge in [0.25, 0.3) is 5.91 Å². The number of ether oxygens (including phenoxy) is 1. The SMILES string of the molecule is CCOc1cc(N2CCC(C(=O)N3CCN(N4CCN(c5ccc(-n6c(-c7cc(C(C)C)c(O)cc7O)n[nH]c6=O)cc5)CC4)CC3)CC2)ccc1Nc1ncc2c(n1)N(S(C)(=O)=O)c1ccccc1C(=O)N2C. The topological polar surface area (TPSA) is 229 Å². The number of fused-ring (bicyclic) bond motifs is 2. The molecule has 388 valence electrons. The predicted molar refractivity (Wildman–Crippen MR) is 283 cm³/mol. The van der Waals surface area contributed by atoms with Crippen molar-refractivity contribution in [2.24, 2.45) is 5.92 Å². The number of nitrogens with zero attached hydrogens (tertiary/aromatic N) is 11. The largest absolute Gasteiger partial charge is 0.508 e. The van der Waals surface area contributed by atoms with Crippen molar-refractivity contribution in [2.45, 2.75) is 39.5 Å². The van der Waals surface area contributed by atoms with Crippen LogP contribution in [0.2, 0.25) is 0 Å². The summed E-state index contributed by atoms with van der Waals surface area (Å²) in [6.45, 7) is 13.8. The molecule has 0 atom stereocenters. The van der Waals surface area contributed by atoms with E-state index >= 15 is 0 Å². The molecule has 0 aliphatic carbocycles. The first-order chi connectivity index (χ1) is 35.6. The third-order valence-electron chi connectivity index (χ3n) is 14.4. The third-order valence-corrected chi connectivity index (χ3v) is 15.4. The van der Waals surface area contributed by atoms with Gasteiger partial charge in [0.2, 0.25) is 21.9 Å². The van der Waals surface area contributed by atoms with Gasteiger partial charge < -0.3 is 39.9 Å². The molecule has 10 rings (SSSR count). The number of piperazine rings is 2. The number of benzene rings is 4. The summed E-state index contributed by atoms with van der Waals surface area (Å²) < 4.78 is 35.1. The van der Waals surface area contributed by atoms with E-state index < -0.39 is 15.7 Å². The van der Waals surface area contributed by atoms with Gasteiger partial charge in [-0.05, 0) is 85.8 Å². The number of nitrogens with one attached hydrogen (secondary N) is 2. The van der Waals surface area contributed by atoms with Crippen LogP contribution in [0.5, 0.6) is 17.2 Å². The molecule has 4 aliphatic heterocycles. The third kappa shape index (κ3) is 9.66. The van der Waals surface area contributed by atoms with Crippen molar-refractivity contribution in [2.75, 3.05) is 110 Å². The van der Waals surface area contributed by atoms with Crippen molar-refractivity contribution in [3.63, 3.8) is 0 Å². The molecule has 0 radical (unpaired) electrons. The summed E-state index contributed by atoms with van der Waals surface area (Å²) in [7, 11) is -2.37. The van der Waals surface area contributed by atoms with Gasteiger partial charge in [0, 0.05) is 102 Å². The maximum Gasteiger partial charge on any atom is 0.348 e. The van der Waals surface area contributed by atoms with Gasteiger partial charge in [-0.1, -0.05) is 26.0 Å². The van der Waals surface area contributed by atoms with E-state index in [-0.39, 0.29) is 69.7 Å². The van der Waals surface area contributed by atoms with Crippen LogP contribution in [0.4, 0.5) is 40.2 Å². The van der Waals surface area contributed by atoms with Gasteiger partial charge in [-0.25, -0.2) is 42.2 Å². The van der Waals surface area contributed by atoms with Crippen molar-refractivity contribution < 1.29 is 33.0 Å². The minimum atomic E-state index is -3.93. The van der Waals surface area contributed by atoms with Crippen LogP contribution in [0.25, 0.3) is 17.1 Å². The van der Waals surface area contributed by atoms with Crippen LogP contribution in [-0.2, 0) is 14.8 Å². The molecule has 4 N–H and O–H groups in total. The molecule has 6 heterocycles. The van der Waals surface area contributed by atoms with Crippen molar-refractivity contribution in [1.82, 2.24) is 39.7 Å². The van der Waals surface area contributed by atoms with Crippen molar-refractivity contribution in [3.05, 3.63) is 107 Å². The van der Waals surface area contributed by atoms with E-state index in [1.54, 1.807) is 37.4 Å². The number of hydrogen-bond acceptors (Lipinski definition) is 16. The van der Waals surface area contributed by atoms with E-state index in [0.717, 1.165) is 74.0 Å². The number of rotatable bonds is 12. The Kier molecular flexibility index (Phi) is 13.7. The molecule has 0 unspecified atom stereocenters. The van der Waals surface area contributed by atoms with E-state index in [9.17, 15) is 33.0 Å². The van der Waals surface area contributed by atoms with Crippen LogP contribution in [0.3, 0.4) is 0 Å². The molecule has 0 spiro atoms. The summed E-state index contributed by atoms with van der Waals surface area (Å²) in [5.74, 6) is 0.539. The molecule has 2 aromatic heterocycles. The zero-order valence-corrected chi connectivity index (χ0v) is 42.9. The lowest BCUT2D eigenvalue weighted by Crippen LogP contribution is -2.60. The van der Waals surface area contributed by atoms with Gasteiger partial charge in [0.05, 0.1) is 47.2 Å². The second-order valence-corrected chi connectivity index (χ2v) is 21.1. The summed E-state index contributed by atoms with van der Waals surface area (Å²) in [6.07, 6.45) is 3.96. The Hall–Kier alpha value is -7.69. The van der Waals surface area contributed by atoms with Crippen LogP contribution >= 0.6 is 0 Å². The Labute approximate surface area is 429 Å². The normalized spacial score (nSPS) is 17.1. The highest BCUT2D eigenvalue weighted by Gasteiger charge is 2.36. The second kappa shape index (κ2) is 20.3. The lowest BCUT2D eigenvalue weighted by molar-refractivity contribution is -0.142. The first kappa shape index (κ1) is 49.9. The molecule has 0 bridgehead atoms. The molecular weight excluding hydrogens is 967 g/mol. The number of carbonyl (C=O) groups is 2. The zero-order chi connectivity index (χ0) is 52.0. The van der Waals surface area contributed by atoms with Gasteiger partial charge in [0.1, 0.15) is 22.9 Å². The number of carbonyl (C=O) groups excluding carboxylic acids is 2. The molecular formula is C52H61N13O8S. The van der Waals surface area contributed by atoms with Gasteiger partial charge in [-0.2, -0.15) is 10.1 Å². The summed E-state index contributed by atoms with van der Waals surface area (Å²) in [4.78, 5) is 57.4. The average molecular weight is 1030 g/mol. The van der Waals surface area contributed by atoms with Gasteiger partial charge in [-0.3, -0.25) is 9.59 Å². The van der Waals surface area contributed by atoms with Crippen LogP contribution in [0.1, 0.15) is 55.5 Å². The number of hydrazine groups is 1. The average Bonchev–Trinajstić information content (AvgIpc) is 3.75. The number of hydrogen-bond donors (Lipinski definition) is 4. The van der Waals surface area contributed by atoms with Gasteiger partial charge in [0.15, 0.2) is 11.6 Å². The summed E-state index contributed by atoms with van der Waals surface area (Å²) in [5.41, 5.74) is 4.36. The molecule has 21 nitrogen and oxygen atoms in total. The predicted octanol–water partition coefficient (Wildman–Crippen LogP) is 5.48. The fourth-order valence-corrected chi connectivity index (χ4v) is 11.4. The second-order valence-electron chi connectivity index (χ2n) is 19.3. The number of sulfonamides is 1. The molecule has 4 aromatic carbocycles. The Morgan fingerprint density at radius 1 is 0.797 bits per heavy atom. The smallest absolute Gasteiger partial charge is 0.348 e. The molecule has 22 heteroatoms. The van der Waals surface area contributed by atoms with E-state index in [2.05, 4.69) is 45.3 Å². The number of phenolic OH excluding ortho intramolecular Hbond substituents is 2. The molecule has 6 aromatic rings. The Morgan fingerprint density at radius 3 is 2.12 bits per heavy atom. The first-order valence-corrected chi connectivity index (χ1v) is 26.8. The van der Waals surface area contributed by atoms with Crippen LogP contribution < -0.4 is 34.7 Å². The molecule has 4 aliphatic rings. The number of para-hydroxylation sites is 1. The molecule has 3 saturated heterocycles. The van der Waals surface area contributed by atoms with E-state index in [1.807, 2.05) is 68.1 Å². The number of phenols is 2. The Morgan fingerprint density at radius 2 is 1.45 bits per heavy atom. The van der Waals surface area contributed by atoms with Crippen LogP contribution in [0, 0.1) is 5.92 Å². The maximum absolute atomic E-state index is 13.9. The molecule has 2 amide bonds. The number of anilines is 7. The molecule has 74 heavy (non-hydrogen) atoms. The minimum Gasteiger partial charge on any atom is -0.508 e. The monoisotopic (exact) mass is 1030 g/mol. The number of piperidine rings is 1.